The number of benzene rings is 3. The number of amides is 1. The van der Waals surface area contributed by atoms with Gasteiger partial charge in [0, 0.05) is 36.2 Å². The second-order valence-corrected chi connectivity index (χ2v) is 8.18. The summed E-state index contributed by atoms with van der Waals surface area (Å²) < 4.78 is 10.9. The molecule has 3 rings (SSSR count). The number of esters is 1. The summed E-state index contributed by atoms with van der Waals surface area (Å²) in [4.78, 5) is 46.2. The average Bonchev–Trinajstić information content (AvgIpc) is 2.86. The number of rotatable bonds is 11. The summed E-state index contributed by atoms with van der Waals surface area (Å²) in [6.07, 6.45) is 0.333. The molecule has 0 spiro atoms. The predicted octanol–water partition coefficient (Wildman–Crippen LogP) is 5.54. The molecule has 36 heavy (non-hydrogen) atoms. The molecule has 0 aromatic heterocycles. The standard InChI is InChI=1S/C27H26N2O7/c1-18-6-7-19(2)25(16-18)36-23-14-10-21(11-15-23)28-26(31)4-3-5-27(32)35-17-24(30)20-8-12-22(13-9-20)29(33)34/h6-16H,3-5,17H2,1-2H3,(H,28,31). The van der Waals surface area contributed by atoms with Gasteiger partial charge >= 0.3 is 5.97 Å². The smallest absolute Gasteiger partial charge is 0.306 e. The fourth-order valence-electron chi connectivity index (χ4n) is 3.24. The van der Waals surface area contributed by atoms with Crippen molar-refractivity contribution in [3.05, 3.63) is 93.5 Å². The summed E-state index contributed by atoms with van der Waals surface area (Å²) in [5.41, 5.74) is 2.79. The van der Waals surface area contributed by atoms with E-state index in [-0.39, 0.29) is 36.4 Å². The van der Waals surface area contributed by atoms with Crippen molar-refractivity contribution in [1.29, 1.82) is 0 Å². The molecule has 9 nitrogen and oxygen atoms in total. The Morgan fingerprint density at radius 1 is 0.917 bits per heavy atom. The van der Waals surface area contributed by atoms with E-state index in [0.29, 0.717) is 11.4 Å². The Morgan fingerprint density at radius 3 is 2.28 bits per heavy atom. The molecule has 1 N–H and O–H groups in total. The summed E-state index contributed by atoms with van der Waals surface area (Å²) in [6, 6.07) is 18.0. The Morgan fingerprint density at radius 2 is 1.61 bits per heavy atom. The van der Waals surface area contributed by atoms with Gasteiger partial charge in [0.2, 0.25) is 5.91 Å². The molecule has 1 amide bonds. The number of ether oxygens (including phenoxy) is 2. The number of hydrogen-bond donors (Lipinski definition) is 1. The lowest BCUT2D eigenvalue weighted by molar-refractivity contribution is -0.384. The van der Waals surface area contributed by atoms with Gasteiger partial charge in [0.05, 0.1) is 4.92 Å². The van der Waals surface area contributed by atoms with Gasteiger partial charge in [-0.1, -0.05) is 12.1 Å². The number of carbonyl (C=O) groups excluding carboxylic acids is 3. The molecule has 0 saturated carbocycles. The highest BCUT2D eigenvalue weighted by Gasteiger charge is 2.13. The van der Waals surface area contributed by atoms with Crippen molar-refractivity contribution in [2.24, 2.45) is 0 Å². The zero-order chi connectivity index (χ0) is 26.1. The average molecular weight is 491 g/mol. The highest BCUT2D eigenvalue weighted by atomic mass is 16.6. The lowest BCUT2D eigenvalue weighted by Crippen LogP contribution is -2.15. The third-order valence-electron chi connectivity index (χ3n) is 5.26. The van der Waals surface area contributed by atoms with Crippen molar-refractivity contribution in [3.8, 4) is 11.5 Å². The first kappa shape index (κ1) is 26.1. The maximum Gasteiger partial charge on any atom is 0.306 e. The van der Waals surface area contributed by atoms with Crippen LogP contribution in [-0.2, 0) is 14.3 Å². The number of nitrogens with one attached hydrogen (secondary N) is 1. The number of ketones is 1. The minimum atomic E-state index is -0.606. The van der Waals surface area contributed by atoms with Crippen molar-refractivity contribution in [2.45, 2.75) is 33.1 Å². The van der Waals surface area contributed by atoms with Crippen LogP contribution < -0.4 is 10.1 Å². The van der Waals surface area contributed by atoms with Gasteiger partial charge in [-0.15, -0.1) is 0 Å². The number of Topliss-reactive ketones (excluding diaryl/α,β-unsaturated/α-hetero) is 1. The number of non-ortho nitro benzene ring substituents is 1. The Kier molecular flexibility index (Phi) is 8.88. The monoisotopic (exact) mass is 490 g/mol. The predicted molar refractivity (Wildman–Crippen MR) is 133 cm³/mol. The fraction of sp³-hybridized carbons (Fsp3) is 0.222. The molecule has 3 aromatic rings. The van der Waals surface area contributed by atoms with E-state index < -0.39 is 23.3 Å². The number of aryl methyl sites for hydroxylation is 2. The van der Waals surface area contributed by atoms with Gasteiger partial charge in [0.1, 0.15) is 11.5 Å². The van der Waals surface area contributed by atoms with Crippen LogP contribution in [0.3, 0.4) is 0 Å². The van der Waals surface area contributed by atoms with Crippen LogP contribution in [0.5, 0.6) is 11.5 Å². The first-order valence-electron chi connectivity index (χ1n) is 11.3. The molecule has 0 saturated heterocycles. The molecule has 186 valence electrons. The topological polar surface area (TPSA) is 125 Å². The molecular formula is C27H26N2O7. The van der Waals surface area contributed by atoms with Gasteiger partial charge in [-0.2, -0.15) is 0 Å². The van der Waals surface area contributed by atoms with Gasteiger partial charge < -0.3 is 14.8 Å². The van der Waals surface area contributed by atoms with Crippen LogP contribution in [0.25, 0.3) is 0 Å². The molecule has 0 aliphatic carbocycles. The van der Waals surface area contributed by atoms with E-state index in [0.717, 1.165) is 16.9 Å². The molecule has 0 aliphatic rings. The zero-order valence-electron chi connectivity index (χ0n) is 20.0. The summed E-state index contributed by atoms with van der Waals surface area (Å²) >= 11 is 0. The van der Waals surface area contributed by atoms with E-state index in [2.05, 4.69) is 5.32 Å². The van der Waals surface area contributed by atoms with Crippen molar-refractivity contribution >= 4 is 29.0 Å². The second kappa shape index (κ2) is 12.3. The lowest BCUT2D eigenvalue weighted by atomic mass is 10.1. The molecule has 0 radical (unpaired) electrons. The maximum absolute atomic E-state index is 12.2. The summed E-state index contributed by atoms with van der Waals surface area (Å²) in [6.45, 7) is 3.49. The van der Waals surface area contributed by atoms with Crippen LogP contribution in [0.4, 0.5) is 11.4 Å². The number of nitro groups is 1. The van der Waals surface area contributed by atoms with Crippen molar-refractivity contribution in [3.63, 3.8) is 0 Å². The quantitative estimate of drug-likeness (QED) is 0.162. The highest BCUT2D eigenvalue weighted by molar-refractivity contribution is 5.98. The minimum Gasteiger partial charge on any atom is -0.457 e. The van der Waals surface area contributed by atoms with Gasteiger partial charge in [-0.05, 0) is 73.9 Å². The van der Waals surface area contributed by atoms with Crippen LogP contribution in [-0.4, -0.2) is 29.2 Å². The van der Waals surface area contributed by atoms with E-state index in [1.807, 2.05) is 32.0 Å². The number of carbonyl (C=O) groups is 3. The van der Waals surface area contributed by atoms with Crippen molar-refractivity contribution in [1.82, 2.24) is 0 Å². The van der Waals surface area contributed by atoms with Gasteiger partial charge in [-0.3, -0.25) is 24.5 Å². The van der Waals surface area contributed by atoms with Gasteiger partial charge in [0.15, 0.2) is 12.4 Å². The maximum atomic E-state index is 12.2. The van der Waals surface area contributed by atoms with Gasteiger partial charge in [0.25, 0.3) is 5.69 Å². The number of nitro benzene ring substituents is 1. The molecule has 0 aliphatic heterocycles. The number of hydrogen-bond acceptors (Lipinski definition) is 7. The van der Waals surface area contributed by atoms with E-state index in [1.165, 1.54) is 24.3 Å². The third kappa shape index (κ3) is 7.76. The van der Waals surface area contributed by atoms with E-state index in [1.54, 1.807) is 24.3 Å². The molecule has 0 bridgehead atoms. The largest absolute Gasteiger partial charge is 0.457 e. The molecule has 9 heteroatoms. The molecule has 0 atom stereocenters. The first-order valence-corrected chi connectivity index (χ1v) is 11.3. The van der Waals surface area contributed by atoms with Crippen molar-refractivity contribution in [2.75, 3.05) is 11.9 Å². The molecule has 0 heterocycles. The highest BCUT2D eigenvalue weighted by Crippen LogP contribution is 2.27. The number of nitrogens with zero attached hydrogens (tertiary/aromatic N) is 1. The van der Waals surface area contributed by atoms with Crippen LogP contribution in [0, 0.1) is 24.0 Å². The molecule has 0 fully saturated rings. The molecule has 0 unspecified atom stereocenters. The van der Waals surface area contributed by atoms with Crippen LogP contribution in [0.15, 0.2) is 66.7 Å². The Balaban J connectivity index is 1.37. The van der Waals surface area contributed by atoms with Gasteiger partial charge in [-0.25, -0.2) is 0 Å². The Hall–Kier alpha value is -4.53. The third-order valence-corrected chi connectivity index (χ3v) is 5.26. The number of anilines is 1. The van der Waals surface area contributed by atoms with Crippen LogP contribution in [0.2, 0.25) is 0 Å². The molecular weight excluding hydrogens is 464 g/mol. The Bertz CT molecular complexity index is 1250. The molecule has 3 aromatic carbocycles. The summed E-state index contributed by atoms with van der Waals surface area (Å²) in [5, 5.41) is 13.4. The van der Waals surface area contributed by atoms with Crippen LogP contribution >= 0.6 is 0 Å². The van der Waals surface area contributed by atoms with Crippen LogP contribution in [0.1, 0.15) is 40.7 Å². The SMILES string of the molecule is Cc1ccc(C)c(Oc2ccc(NC(=O)CCCC(=O)OCC(=O)c3ccc([N+](=O)[O-])cc3)cc2)c1. The zero-order valence-corrected chi connectivity index (χ0v) is 20.0. The fourth-order valence-corrected chi connectivity index (χ4v) is 3.24. The first-order chi connectivity index (χ1) is 17.2. The summed E-state index contributed by atoms with van der Waals surface area (Å²) in [7, 11) is 0. The minimum absolute atomic E-state index is 0.0242. The van der Waals surface area contributed by atoms with E-state index in [9.17, 15) is 24.5 Å². The Labute approximate surface area is 208 Å². The summed E-state index contributed by atoms with van der Waals surface area (Å²) in [5.74, 6) is 0.0840. The normalized spacial score (nSPS) is 10.4. The van der Waals surface area contributed by atoms with Crippen molar-refractivity contribution < 1.29 is 28.8 Å². The van der Waals surface area contributed by atoms with E-state index >= 15 is 0 Å². The lowest BCUT2D eigenvalue weighted by Gasteiger charge is -2.11. The second-order valence-electron chi connectivity index (χ2n) is 8.18. The van der Waals surface area contributed by atoms with E-state index in [4.69, 9.17) is 9.47 Å².